The van der Waals surface area contributed by atoms with Crippen molar-refractivity contribution < 1.29 is 0 Å². The van der Waals surface area contributed by atoms with Crippen molar-refractivity contribution in [1.82, 2.24) is 4.90 Å². The van der Waals surface area contributed by atoms with Gasteiger partial charge in [0.15, 0.2) is 0 Å². The van der Waals surface area contributed by atoms with Gasteiger partial charge in [0.2, 0.25) is 0 Å². The number of allylic oxidation sites excluding steroid dienone is 1. The van der Waals surface area contributed by atoms with Gasteiger partial charge in [-0.2, -0.15) is 0 Å². The third-order valence-electron chi connectivity index (χ3n) is 2.27. The summed E-state index contributed by atoms with van der Waals surface area (Å²) in [5, 5.41) is 0. The Morgan fingerprint density at radius 1 is 1.42 bits per heavy atom. The maximum Gasteiger partial charge on any atom is 0.0170 e. The quantitative estimate of drug-likeness (QED) is 0.522. The lowest BCUT2D eigenvalue weighted by atomic mass is 10.1. The molecule has 0 aromatic carbocycles. The number of alkyl halides is 1. The molecule has 0 saturated carbocycles. The molecular weight excluding hydrogens is 214 g/mol. The first-order valence-corrected chi connectivity index (χ1v) is 5.60. The highest BCUT2D eigenvalue weighted by molar-refractivity contribution is 9.09. The van der Waals surface area contributed by atoms with Crippen molar-refractivity contribution in [3.05, 3.63) is 11.6 Å². The van der Waals surface area contributed by atoms with Crippen LogP contribution in [0.25, 0.3) is 0 Å². The molecule has 1 heterocycles. The second-order valence-electron chi connectivity index (χ2n) is 3.76. The molecule has 0 aliphatic carbocycles. The smallest absolute Gasteiger partial charge is 0.0170 e. The van der Waals surface area contributed by atoms with E-state index in [2.05, 4.69) is 40.8 Å². The van der Waals surface area contributed by atoms with E-state index in [-0.39, 0.29) is 0 Å². The number of hydrogen-bond donors (Lipinski definition) is 0. The van der Waals surface area contributed by atoms with Gasteiger partial charge in [-0.3, -0.25) is 4.90 Å². The van der Waals surface area contributed by atoms with E-state index in [1.165, 1.54) is 31.5 Å². The maximum absolute atomic E-state index is 3.65. The van der Waals surface area contributed by atoms with Crippen LogP contribution >= 0.6 is 15.9 Å². The fourth-order valence-electron chi connectivity index (χ4n) is 1.40. The Morgan fingerprint density at radius 3 is 2.50 bits per heavy atom. The molecule has 0 N–H and O–H groups in total. The van der Waals surface area contributed by atoms with Gasteiger partial charge in [-0.1, -0.05) is 27.6 Å². The van der Waals surface area contributed by atoms with Crippen LogP contribution in [0.15, 0.2) is 11.6 Å². The van der Waals surface area contributed by atoms with E-state index in [0.717, 1.165) is 11.4 Å². The Bertz CT molecular complexity index is 153. The number of piperidine rings is 1. The number of rotatable bonds is 2. The lowest BCUT2D eigenvalue weighted by Gasteiger charge is -2.28. The summed E-state index contributed by atoms with van der Waals surface area (Å²) in [6, 6.07) is 0. The Labute approximate surface area is 84.0 Å². The molecule has 0 spiro atoms. The summed E-state index contributed by atoms with van der Waals surface area (Å²) in [5.41, 5.74) is 1.43. The largest absolute Gasteiger partial charge is 0.300 e. The first-order chi connectivity index (χ1) is 5.68. The van der Waals surface area contributed by atoms with Crippen LogP contribution in [-0.2, 0) is 0 Å². The Hall–Kier alpha value is 0.180. The minimum Gasteiger partial charge on any atom is -0.300 e. The van der Waals surface area contributed by atoms with Gasteiger partial charge in [0.1, 0.15) is 0 Å². The molecule has 70 valence electrons. The van der Waals surface area contributed by atoms with E-state index in [1.807, 2.05) is 0 Å². The van der Waals surface area contributed by atoms with Crippen molar-refractivity contribution in [2.75, 3.05) is 19.6 Å². The molecular formula is C10H18BrN. The SMILES string of the molecule is CC(C)=CCN1CCC(Br)CC1. The minimum atomic E-state index is 0.764. The molecule has 0 unspecified atom stereocenters. The molecule has 1 rings (SSSR count). The predicted octanol–water partition coefficient (Wildman–Crippen LogP) is 2.81. The maximum atomic E-state index is 3.65. The lowest BCUT2D eigenvalue weighted by molar-refractivity contribution is 0.257. The molecule has 0 bridgehead atoms. The number of halogens is 1. The summed E-state index contributed by atoms with van der Waals surface area (Å²) < 4.78 is 0. The normalized spacial score (nSPS) is 20.9. The molecule has 1 nitrogen and oxygen atoms in total. The first-order valence-electron chi connectivity index (χ1n) is 4.68. The van der Waals surface area contributed by atoms with Crippen LogP contribution in [0.4, 0.5) is 0 Å². The van der Waals surface area contributed by atoms with Crippen molar-refractivity contribution in [3.8, 4) is 0 Å². The minimum absolute atomic E-state index is 0.764. The van der Waals surface area contributed by atoms with Crippen molar-refractivity contribution in [1.29, 1.82) is 0 Å². The van der Waals surface area contributed by atoms with Crippen LogP contribution in [0, 0.1) is 0 Å². The van der Waals surface area contributed by atoms with Crippen LogP contribution in [-0.4, -0.2) is 29.4 Å². The van der Waals surface area contributed by atoms with Crippen LogP contribution in [0.3, 0.4) is 0 Å². The number of nitrogens with zero attached hydrogens (tertiary/aromatic N) is 1. The summed E-state index contributed by atoms with van der Waals surface area (Å²) in [6.07, 6.45) is 4.92. The van der Waals surface area contributed by atoms with Crippen LogP contribution in [0.5, 0.6) is 0 Å². The van der Waals surface area contributed by atoms with Crippen LogP contribution in [0.1, 0.15) is 26.7 Å². The third kappa shape index (κ3) is 3.72. The van der Waals surface area contributed by atoms with Crippen LogP contribution in [0.2, 0.25) is 0 Å². The topological polar surface area (TPSA) is 3.24 Å². The summed E-state index contributed by atoms with van der Waals surface area (Å²) in [5.74, 6) is 0. The Balaban J connectivity index is 2.22. The zero-order chi connectivity index (χ0) is 8.97. The molecule has 2 heteroatoms. The molecule has 0 aromatic rings. The Morgan fingerprint density at radius 2 is 2.00 bits per heavy atom. The van der Waals surface area contributed by atoms with Crippen molar-refractivity contribution in [3.63, 3.8) is 0 Å². The highest BCUT2D eigenvalue weighted by Crippen LogP contribution is 2.16. The van der Waals surface area contributed by atoms with Gasteiger partial charge >= 0.3 is 0 Å². The number of hydrogen-bond acceptors (Lipinski definition) is 1. The second kappa shape index (κ2) is 5.03. The van der Waals surface area contributed by atoms with Crippen molar-refractivity contribution >= 4 is 15.9 Å². The summed E-state index contributed by atoms with van der Waals surface area (Å²) in [6.45, 7) is 7.97. The summed E-state index contributed by atoms with van der Waals surface area (Å²) >= 11 is 3.65. The fraction of sp³-hybridized carbons (Fsp3) is 0.800. The van der Waals surface area contributed by atoms with Gasteiger partial charge in [0.05, 0.1) is 0 Å². The average molecular weight is 232 g/mol. The molecule has 0 atom stereocenters. The zero-order valence-corrected chi connectivity index (χ0v) is 9.60. The average Bonchev–Trinajstić information content (AvgIpc) is 2.03. The van der Waals surface area contributed by atoms with Crippen molar-refractivity contribution in [2.45, 2.75) is 31.5 Å². The first kappa shape index (κ1) is 10.3. The molecule has 1 aliphatic heterocycles. The number of likely N-dealkylation sites (tertiary alicyclic amines) is 1. The molecule has 1 aliphatic rings. The predicted molar refractivity (Wildman–Crippen MR) is 57.8 cm³/mol. The standard InChI is InChI=1S/C10H18BrN/c1-9(2)3-6-12-7-4-10(11)5-8-12/h3,10H,4-8H2,1-2H3. The van der Waals surface area contributed by atoms with Gasteiger partial charge in [0.25, 0.3) is 0 Å². The van der Waals surface area contributed by atoms with E-state index < -0.39 is 0 Å². The third-order valence-corrected chi connectivity index (χ3v) is 3.19. The molecule has 12 heavy (non-hydrogen) atoms. The highest BCUT2D eigenvalue weighted by atomic mass is 79.9. The lowest BCUT2D eigenvalue weighted by Crippen LogP contribution is -2.33. The van der Waals surface area contributed by atoms with Gasteiger partial charge < -0.3 is 0 Å². The zero-order valence-electron chi connectivity index (χ0n) is 8.02. The fourth-order valence-corrected chi connectivity index (χ4v) is 1.81. The highest BCUT2D eigenvalue weighted by Gasteiger charge is 2.14. The molecule has 0 radical (unpaired) electrons. The van der Waals surface area contributed by atoms with Gasteiger partial charge in [-0.25, -0.2) is 0 Å². The van der Waals surface area contributed by atoms with E-state index in [1.54, 1.807) is 0 Å². The second-order valence-corrected chi connectivity index (χ2v) is 5.05. The van der Waals surface area contributed by atoms with E-state index in [0.29, 0.717) is 0 Å². The van der Waals surface area contributed by atoms with Gasteiger partial charge in [-0.15, -0.1) is 0 Å². The van der Waals surface area contributed by atoms with Gasteiger partial charge in [0, 0.05) is 11.4 Å². The molecule has 0 amide bonds. The molecule has 1 saturated heterocycles. The monoisotopic (exact) mass is 231 g/mol. The summed E-state index contributed by atoms with van der Waals surface area (Å²) in [4.78, 5) is 3.28. The molecule has 1 fully saturated rings. The van der Waals surface area contributed by atoms with Crippen LogP contribution < -0.4 is 0 Å². The summed E-state index contributed by atoms with van der Waals surface area (Å²) in [7, 11) is 0. The van der Waals surface area contributed by atoms with E-state index >= 15 is 0 Å². The van der Waals surface area contributed by atoms with Gasteiger partial charge in [-0.05, 0) is 39.8 Å². The molecule has 0 aromatic heterocycles. The Kier molecular flexibility index (Phi) is 4.30. The van der Waals surface area contributed by atoms with Crippen molar-refractivity contribution in [2.24, 2.45) is 0 Å². The van der Waals surface area contributed by atoms with E-state index in [9.17, 15) is 0 Å². The van der Waals surface area contributed by atoms with E-state index in [4.69, 9.17) is 0 Å².